The summed E-state index contributed by atoms with van der Waals surface area (Å²) >= 11 is 0. The minimum absolute atomic E-state index is 0.0417. The maximum Gasteiger partial charge on any atom is 0.133 e. The van der Waals surface area contributed by atoms with E-state index < -0.39 is 11.6 Å². The van der Waals surface area contributed by atoms with Gasteiger partial charge in [0, 0.05) is 6.07 Å². The van der Waals surface area contributed by atoms with E-state index in [1.807, 2.05) is 6.07 Å². The number of nitriles is 1. The molecule has 0 aliphatic rings. The van der Waals surface area contributed by atoms with Crippen LogP contribution in [0.4, 0.5) is 8.78 Å². The van der Waals surface area contributed by atoms with E-state index in [4.69, 9.17) is 10.4 Å². The minimum Gasteiger partial charge on any atom is -0.507 e. The van der Waals surface area contributed by atoms with Crippen LogP contribution in [0.25, 0.3) is 0 Å². The van der Waals surface area contributed by atoms with Crippen LogP contribution in [0, 0.1) is 23.0 Å². The van der Waals surface area contributed by atoms with Gasteiger partial charge in [-0.15, -0.1) is 0 Å². The maximum absolute atomic E-state index is 11.9. The molecule has 2 aromatic carbocycles. The summed E-state index contributed by atoms with van der Waals surface area (Å²) < 4.78 is 23.9. The van der Waals surface area contributed by atoms with Crippen LogP contribution in [0.1, 0.15) is 5.56 Å². The molecule has 0 unspecified atom stereocenters. The summed E-state index contributed by atoms with van der Waals surface area (Å²) in [5.41, 5.74) is 0.317. The third-order valence-corrected chi connectivity index (χ3v) is 1.81. The lowest BCUT2D eigenvalue weighted by Gasteiger charge is -1.89. The summed E-state index contributed by atoms with van der Waals surface area (Å²) in [4.78, 5) is 0. The van der Waals surface area contributed by atoms with E-state index in [9.17, 15) is 8.78 Å². The molecule has 17 heavy (non-hydrogen) atoms. The van der Waals surface area contributed by atoms with Crippen molar-refractivity contribution in [1.82, 2.24) is 0 Å². The van der Waals surface area contributed by atoms with Gasteiger partial charge < -0.3 is 5.11 Å². The van der Waals surface area contributed by atoms with Gasteiger partial charge in [-0.2, -0.15) is 5.26 Å². The van der Waals surface area contributed by atoms with Crippen molar-refractivity contribution in [2.24, 2.45) is 0 Å². The third-order valence-electron chi connectivity index (χ3n) is 1.81. The Bertz CT molecular complexity index is 518. The largest absolute Gasteiger partial charge is 0.507 e. The Morgan fingerprint density at radius 2 is 1.53 bits per heavy atom. The zero-order valence-corrected chi connectivity index (χ0v) is 8.77. The molecule has 2 rings (SSSR count). The average molecular weight is 233 g/mol. The van der Waals surface area contributed by atoms with E-state index in [2.05, 4.69) is 0 Å². The Balaban J connectivity index is 0.000000171. The molecule has 0 atom stereocenters. The predicted octanol–water partition coefficient (Wildman–Crippen LogP) is 3.23. The zero-order chi connectivity index (χ0) is 12.7. The average Bonchev–Trinajstić information content (AvgIpc) is 2.30. The Labute approximate surface area is 97.4 Å². The number of aromatic hydroxyl groups is 1. The normalized spacial score (nSPS) is 8.76. The summed E-state index contributed by atoms with van der Waals surface area (Å²) in [6.07, 6.45) is 0. The molecule has 4 heteroatoms. The molecule has 2 aromatic rings. The highest BCUT2D eigenvalue weighted by molar-refractivity contribution is 5.41. The molecule has 2 nitrogen and oxygen atoms in total. The molecule has 0 radical (unpaired) electrons. The number of rotatable bonds is 0. The van der Waals surface area contributed by atoms with E-state index in [0.29, 0.717) is 5.56 Å². The molecular weight excluding hydrogens is 224 g/mol. The van der Waals surface area contributed by atoms with Crippen LogP contribution in [0.15, 0.2) is 48.5 Å². The summed E-state index contributed by atoms with van der Waals surface area (Å²) in [6.45, 7) is 0. The third kappa shape index (κ3) is 4.31. The first-order chi connectivity index (χ1) is 8.13. The van der Waals surface area contributed by atoms with Gasteiger partial charge in [-0.3, -0.25) is 0 Å². The second-order valence-corrected chi connectivity index (χ2v) is 3.07. The quantitative estimate of drug-likeness (QED) is 0.759. The van der Waals surface area contributed by atoms with E-state index in [1.54, 1.807) is 18.2 Å². The number of phenols is 1. The second-order valence-electron chi connectivity index (χ2n) is 3.07. The van der Waals surface area contributed by atoms with Gasteiger partial charge in [0.15, 0.2) is 0 Å². The molecule has 0 fully saturated rings. The van der Waals surface area contributed by atoms with Gasteiger partial charge in [0.05, 0.1) is 5.56 Å². The van der Waals surface area contributed by atoms with Gasteiger partial charge >= 0.3 is 0 Å². The molecule has 0 spiro atoms. The number of hydrogen-bond acceptors (Lipinski definition) is 2. The maximum atomic E-state index is 11.9. The number of hydrogen-bond donors (Lipinski definition) is 1. The van der Waals surface area contributed by atoms with E-state index in [1.165, 1.54) is 24.3 Å². The van der Waals surface area contributed by atoms with Gasteiger partial charge in [-0.25, -0.2) is 8.78 Å². The first kappa shape index (κ1) is 12.7. The molecule has 0 bridgehead atoms. The molecular formula is C13H9F2NO. The SMILES string of the molecule is Fc1cccc(F)c1.N#Cc1ccccc1O. The van der Waals surface area contributed by atoms with Crippen molar-refractivity contribution in [1.29, 1.82) is 5.26 Å². The minimum atomic E-state index is -0.537. The van der Waals surface area contributed by atoms with Crippen molar-refractivity contribution in [2.45, 2.75) is 0 Å². The van der Waals surface area contributed by atoms with Crippen molar-refractivity contribution >= 4 is 0 Å². The van der Waals surface area contributed by atoms with Crippen molar-refractivity contribution < 1.29 is 13.9 Å². The van der Waals surface area contributed by atoms with E-state index in [0.717, 1.165) is 6.07 Å². The Hall–Kier alpha value is -2.41. The second kappa shape index (κ2) is 6.23. The van der Waals surface area contributed by atoms with Gasteiger partial charge in [0.25, 0.3) is 0 Å². The lowest BCUT2D eigenvalue weighted by Crippen LogP contribution is -1.73. The number of para-hydroxylation sites is 1. The fraction of sp³-hybridized carbons (Fsp3) is 0. The molecule has 0 saturated heterocycles. The number of phenolic OH excluding ortho intramolecular Hbond substituents is 1. The number of halogens is 2. The lowest BCUT2D eigenvalue weighted by atomic mass is 10.2. The predicted molar refractivity (Wildman–Crippen MR) is 59.2 cm³/mol. The highest BCUT2D eigenvalue weighted by atomic mass is 19.1. The molecule has 0 saturated carbocycles. The molecule has 86 valence electrons. The van der Waals surface area contributed by atoms with Crippen LogP contribution in [0.3, 0.4) is 0 Å². The molecule has 0 aliphatic heterocycles. The summed E-state index contributed by atoms with van der Waals surface area (Å²) in [7, 11) is 0. The van der Waals surface area contributed by atoms with Crippen LogP contribution in [-0.2, 0) is 0 Å². The number of nitrogens with zero attached hydrogens (tertiary/aromatic N) is 1. The topological polar surface area (TPSA) is 44.0 Å². The van der Waals surface area contributed by atoms with Gasteiger partial charge in [0.1, 0.15) is 23.5 Å². The van der Waals surface area contributed by atoms with Crippen LogP contribution < -0.4 is 0 Å². The fourth-order valence-corrected chi connectivity index (χ4v) is 1.03. The highest BCUT2D eigenvalue weighted by Gasteiger charge is 1.93. The van der Waals surface area contributed by atoms with Crippen LogP contribution in [0.5, 0.6) is 5.75 Å². The Morgan fingerprint density at radius 3 is 1.88 bits per heavy atom. The zero-order valence-electron chi connectivity index (χ0n) is 8.77. The summed E-state index contributed by atoms with van der Waals surface area (Å²) in [5, 5.41) is 17.2. The number of benzene rings is 2. The smallest absolute Gasteiger partial charge is 0.133 e. The monoisotopic (exact) mass is 233 g/mol. The standard InChI is InChI=1S/C7H5NO.C6H4F2/c8-5-6-3-1-2-4-7(6)9;7-5-2-1-3-6(8)4-5/h1-4,9H;1-4H. The van der Waals surface area contributed by atoms with Crippen LogP contribution >= 0.6 is 0 Å². The first-order valence-corrected chi connectivity index (χ1v) is 4.72. The summed E-state index contributed by atoms with van der Waals surface area (Å²) in [5.74, 6) is -1.03. The van der Waals surface area contributed by atoms with E-state index >= 15 is 0 Å². The van der Waals surface area contributed by atoms with Crippen molar-refractivity contribution in [3.63, 3.8) is 0 Å². The van der Waals surface area contributed by atoms with E-state index in [-0.39, 0.29) is 5.75 Å². The van der Waals surface area contributed by atoms with Crippen LogP contribution in [-0.4, -0.2) is 5.11 Å². The molecule has 0 amide bonds. The van der Waals surface area contributed by atoms with Crippen molar-refractivity contribution in [2.75, 3.05) is 0 Å². The molecule has 0 aromatic heterocycles. The van der Waals surface area contributed by atoms with Crippen LogP contribution in [0.2, 0.25) is 0 Å². The fourth-order valence-electron chi connectivity index (χ4n) is 1.03. The first-order valence-electron chi connectivity index (χ1n) is 4.72. The van der Waals surface area contributed by atoms with Crippen molar-refractivity contribution in [3.05, 3.63) is 65.7 Å². The molecule has 0 aliphatic carbocycles. The van der Waals surface area contributed by atoms with Gasteiger partial charge in [0.2, 0.25) is 0 Å². The highest BCUT2D eigenvalue weighted by Crippen LogP contribution is 2.12. The van der Waals surface area contributed by atoms with Crippen molar-refractivity contribution in [3.8, 4) is 11.8 Å². The molecule has 0 heterocycles. The molecule has 1 N–H and O–H groups in total. The van der Waals surface area contributed by atoms with Gasteiger partial charge in [-0.1, -0.05) is 18.2 Å². The summed E-state index contributed by atoms with van der Waals surface area (Å²) in [6, 6.07) is 12.8. The Kier molecular flexibility index (Phi) is 4.64. The lowest BCUT2D eigenvalue weighted by molar-refractivity contribution is 0.473. The van der Waals surface area contributed by atoms with Gasteiger partial charge in [-0.05, 0) is 24.3 Å². The Morgan fingerprint density at radius 1 is 0.941 bits per heavy atom.